The first-order valence-corrected chi connectivity index (χ1v) is 10.9. The van der Waals surface area contributed by atoms with Gasteiger partial charge in [0.2, 0.25) is 0 Å². The fourth-order valence-electron chi connectivity index (χ4n) is 6.16. The lowest BCUT2D eigenvalue weighted by atomic mass is 9.54. The average molecular weight is 405 g/mol. The van der Waals surface area contributed by atoms with Gasteiger partial charge in [-0.05, 0) is 73.5 Å². The second kappa shape index (κ2) is 7.74. The highest BCUT2D eigenvalue weighted by molar-refractivity contribution is 5.96. The topological polar surface area (TPSA) is 84.3 Å². The molecule has 0 radical (unpaired) electrons. The summed E-state index contributed by atoms with van der Waals surface area (Å²) in [6.45, 7) is 0.487. The van der Waals surface area contributed by atoms with Gasteiger partial charge in [-0.2, -0.15) is 0 Å². The minimum absolute atomic E-state index is 0.0661. The lowest BCUT2D eigenvalue weighted by Gasteiger charge is -2.54. The molecule has 6 nitrogen and oxygen atoms in total. The normalized spacial score (nSPS) is 28.9. The number of nitrogens with zero attached hydrogens (tertiary/aromatic N) is 1. The Kier molecular flexibility index (Phi) is 4.93. The van der Waals surface area contributed by atoms with Crippen LogP contribution in [0, 0.1) is 33.8 Å². The number of carbonyl (C=O) groups is 1. The Bertz CT molecular complexity index is 931. The van der Waals surface area contributed by atoms with Crippen molar-refractivity contribution in [3.63, 3.8) is 0 Å². The van der Waals surface area contributed by atoms with Crippen molar-refractivity contribution in [2.75, 3.05) is 5.32 Å². The van der Waals surface area contributed by atoms with Crippen molar-refractivity contribution in [1.29, 1.82) is 0 Å². The molecular formula is C24H27N3O3. The van der Waals surface area contributed by atoms with E-state index in [9.17, 15) is 14.9 Å². The van der Waals surface area contributed by atoms with Crippen LogP contribution in [0.1, 0.15) is 48.0 Å². The maximum Gasteiger partial charge on any atom is 0.293 e. The molecule has 6 heteroatoms. The molecule has 1 amide bonds. The molecule has 2 aromatic carbocycles. The lowest BCUT2D eigenvalue weighted by Crippen LogP contribution is -2.55. The minimum Gasteiger partial charge on any atom is -0.375 e. The van der Waals surface area contributed by atoms with E-state index in [0.29, 0.717) is 29.6 Å². The summed E-state index contributed by atoms with van der Waals surface area (Å²) < 4.78 is 0. The SMILES string of the molecule is O=C(NC1C2CC3CC(C2)CC1C3)c1ccc(NCc2ccccc2)c([N+](=O)[O-])c1. The van der Waals surface area contributed by atoms with E-state index in [-0.39, 0.29) is 17.6 Å². The first kappa shape index (κ1) is 19.1. The molecule has 0 saturated heterocycles. The van der Waals surface area contributed by atoms with E-state index in [1.54, 1.807) is 12.1 Å². The van der Waals surface area contributed by atoms with Gasteiger partial charge in [0.15, 0.2) is 0 Å². The van der Waals surface area contributed by atoms with E-state index < -0.39 is 4.92 Å². The smallest absolute Gasteiger partial charge is 0.293 e. The van der Waals surface area contributed by atoms with Crippen molar-refractivity contribution in [3.05, 3.63) is 69.8 Å². The molecule has 0 aliphatic heterocycles. The third kappa shape index (κ3) is 3.66. The largest absolute Gasteiger partial charge is 0.375 e. The molecule has 0 spiro atoms. The van der Waals surface area contributed by atoms with E-state index in [2.05, 4.69) is 10.6 Å². The van der Waals surface area contributed by atoms with Crippen LogP contribution in [0.2, 0.25) is 0 Å². The van der Waals surface area contributed by atoms with Gasteiger partial charge in [-0.15, -0.1) is 0 Å². The maximum absolute atomic E-state index is 12.9. The molecule has 2 N–H and O–H groups in total. The Labute approximate surface area is 176 Å². The predicted octanol–water partition coefficient (Wildman–Crippen LogP) is 4.76. The van der Waals surface area contributed by atoms with Crippen molar-refractivity contribution in [2.24, 2.45) is 23.7 Å². The number of hydrogen-bond donors (Lipinski definition) is 2. The second-order valence-corrected chi connectivity index (χ2v) is 9.26. The van der Waals surface area contributed by atoms with Crippen LogP contribution in [-0.2, 0) is 6.54 Å². The van der Waals surface area contributed by atoms with Crippen LogP contribution in [0.5, 0.6) is 0 Å². The molecular weight excluding hydrogens is 378 g/mol. The molecule has 4 aliphatic carbocycles. The molecule has 0 heterocycles. The van der Waals surface area contributed by atoms with Crippen LogP contribution in [0.15, 0.2) is 48.5 Å². The van der Waals surface area contributed by atoms with E-state index in [1.165, 1.54) is 38.2 Å². The summed E-state index contributed by atoms with van der Waals surface area (Å²) in [4.78, 5) is 24.2. The third-order valence-corrected chi connectivity index (χ3v) is 7.31. The van der Waals surface area contributed by atoms with Crippen LogP contribution < -0.4 is 10.6 Å². The van der Waals surface area contributed by atoms with E-state index in [4.69, 9.17) is 0 Å². The summed E-state index contributed by atoms with van der Waals surface area (Å²) in [6, 6.07) is 14.7. The number of anilines is 1. The Balaban J connectivity index is 1.30. The van der Waals surface area contributed by atoms with Crippen molar-refractivity contribution in [3.8, 4) is 0 Å². The Hall–Kier alpha value is -2.89. The number of nitro groups is 1. The van der Waals surface area contributed by atoms with Crippen LogP contribution >= 0.6 is 0 Å². The molecule has 30 heavy (non-hydrogen) atoms. The fourth-order valence-corrected chi connectivity index (χ4v) is 6.16. The third-order valence-electron chi connectivity index (χ3n) is 7.31. The number of nitro benzene ring substituents is 1. The summed E-state index contributed by atoms with van der Waals surface area (Å²) in [5, 5.41) is 18.0. The summed E-state index contributed by atoms with van der Waals surface area (Å²) in [6.07, 6.45) is 6.26. The van der Waals surface area contributed by atoms with Crippen molar-refractivity contribution < 1.29 is 9.72 Å². The molecule has 4 bridgehead atoms. The van der Waals surface area contributed by atoms with Gasteiger partial charge in [-0.25, -0.2) is 0 Å². The first-order valence-electron chi connectivity index (χ1n) is 10.9. The number of carbonyl (C=O) groups excluding carboxylic acids is 1. The zero-order valence-corrected chi connectivity index (χ0v) is 16.9. The highest BCUT2D eigenvalue weighted by atomic mass is 16.6. The molecule has 6 rings (SSSR count). The van der Waals surface area contributed by atoms with Gasteiger partial charge in [0.25, 0.3) is 11.6 Å². The van der Waals surface area contributed by atoms with Gasteiger partial charge < -0.3 is 10.6 Å². The Morgan fingerprint density at radius 2 is 1.63 bits per heavy atom. The van der Waals surface area contributed by atoms with Crippen molar-refractivity contribution in [1.82, 2.24) is 5.32 Å². The molecule has 0 aromatic heterocycles. The van der Waals surface area contributed by atoms with E-state index >= 15 is 0 Å². The maximum atomic E-state index is 12.9. The number of nitrogens with one attached hydrogen (secondary N) is 2. The van der Waals surface area contributed by atoms with Gasteiger partial charge in [-0.1, -0.05) is 30.3 Å². The van der Waals surface area contributed by atoms with Gasteiger partial charge in [0.05, 0.1) is 4.92 Å². The molecule has 0 unspecified atom stereocenters. The second-order valence-electron chi connectivity index (χ2n) is 9.26. The highest BCUT2D eigenvalue weighted by Gasteiger charge is 2.48. The van der Waals surface area contributed by atoms with Crippen LogP contribution in [0.3, 0.4) is 0 Å². The molecule has 4 fully saturated rings. The number of hydrogen-bond acceptors (Lipinski definition) is 4. The van der Waals surface area contributed by atoms with Crippen LogP contribution in [-0.4, -0.2) is 16.9 Å². The van der Waals surface area contributed by atoms with Crippen LogP contribution in [0.25, 0.3) is 0 Å². The van der Waals surface area contributed by atoms with E-state index in [1.807, 2.05) is 30.3 Å². The first-order chi connectivity index (χ1) is 14.6. The van der Waals surface area contributed by atoms with Gasteiger partial charge in [0, 0.05) is 24.2 Å². The number of benzene rings is 2. The summed E-state index contributed by atoms with van der Waals surface area (Å²) in [5.74, 6) is 2.65. The van der Waals surface area contributed by atoms with Crippen molar-refractivity contribution in [2.45, 2.75) is 44.7 Å². The molecule has 0 atom stereocenters. The fraction of sp³-hybridized carbons (Fsp3) is 0.458. The molecule has 4 aliphatic rings. The Morgan fingerprint density at radius 1 is 0.967 bits per heavy atom. The zero-order valence-electron chi connectivity index (χ0n) is 16.9. The van der Waals surface area contributed by atoms with Gasteiger partial charge in [0.1, 0.15) is 5.69 Å². The Morgan fingerprint density at radius 3 is 2.27 bits per heavy atom. The molecule has 2 aromatic rings. The van der Waals surface area contributed by atoms with Gasteiger partial charge >= 0.3 is 0 Å². The number of rotatable bonds is 6. The highest BCUT2D eigenvalue weighted by Crippen LogP contribution is 2.53. The summed E-state index contributed by atoms with van der Waals surface area (Å²) in [7, 11) is 0. The van der Waals surface area contributed by atoms with Crippen molar-refractivity contribution >= 4 is 17.3 Å². The molecule has 156 valence electrons. The zero-order chi connectivity index (χ0) is 20.7. The monoisotopic (exact) mass is 405 g/mol. The van der Waals surface area contributed by atoms with Gasteiger partial charge in [-0.3, -0.25) is 14.9 Å². The number of amides is 1. The summed E-state index contributed by atoms with van der Waals surface area (Å²) >= 11 is 0. The van der Waals surface area contributed by atoms with E-state index in [0.717, 1.165) is 17.4 Å². The predicted molar refractivity (Wildman–Crippen MR) is 115 cm³/mol. The quantitative estimate of drug-likeness (QED) is 0.536. The minimum atomic E-state index is -0.424. The summed E-state index contributed by atoms with van der Waals surface area (Å²) in [5.41, 5.74) is 1.76. The van der Waals surface area contributed by atoms with Crippen LogP contribution in [0.4, 0.5) is 11.4 Å². The lowest BCUT2D eigenvalue weighted by molar-refractivity contribution is -0.384. The average Bonchev–Trinajstić information content (AvgIpc) is 2.74. The standard InChI is InChI=1S/C24H27N3O3/c28-24(26-23-19-9-16-8-17(11-19)12-20(23)10-16)18-6-7-21(22(13-18)27(29)30)25-14-15-4-2-1-3-5-15/h1-7,13,16-17,19-20,23,25H,8-12,14H2,(H,26,28). The molecule has 4 saturated carbocycles.